The van der Waals surface area contributed by atoms with E-state index in [0.717, 1.165) is 5.56 Å². The summed E-state index contributed by atoms with van der Waals surface area (Å²) in [5.74, 6) is -0.370. The average molecular weight is 317 g/mol. The summed E-state index contributed by atoms with van der Waals surface area (Å²) < 4.78 is 0. The Balaban J connectivity index is 2.08. The lowest BCUT2D eigenvalue weighted by molar-refractivity contribution is -0.117. The van der Waals surface area contributed by atoms with Crippen molar-refractivity contribution in [3.63, 3.8) is 0 Å². The molecule has 1 aromatic rings. The van der Waals surface area contributed by atoms with Gasteiger partial charge in [0.2, 0.25) is 0 Å². The fourth-order valence-corrected chi connectivity index (χ4v) is 2.85. The Bertz CT molecular complexity index is 584. The van der Waals surface area contributed by atoms with Crippen LogP contribution in [0.15, 0.2) is 28.2 Å². The molecule has 0 radical (unpaired) electrons. The molecule has 5 nitrogen and oxygen atoms in total. The van der Waals surface area contributed by atoms with Crippen LogP contribution < -0.4 is 11.5 Å². The number of amides is 1. The molecule has 1 atom stereocenters. The number of aliphatic imine (C=N–C) groups is 2. The lowest BCUT2D eigenvalue weighted by Gasteiger charge is -2.07. The summed E-state index contributed by atoms with van der Waals surface area (Å²) in [7, 11) is 0. The van der Waals surface area contributed by atoms with E-state index in [2.05, 4.69) is 9.98 Å². The SMILES string of the molecule is NC(N)=NC1=NC(=O)C(Cc2ccc(Cl)c(Cl)c2)S1. The highest BCUT2D eigenvalue weighted by Gasteiger charge is 2.28. The molecule has 100 valence electrons. The molecule has 0 fully saturated rings. The zero-order valence-electron chi connectivity index (χ0n) is 9.64. The second-order valence-electron chi connectivity index (χ2n) is 3.83. The van der Waals surface area contributed by atoms with Gasteiger partial charge in [-0.3, -0.25) is 4.79 Å². The topological polar surface area (TPSA) is 93.8 Å². The van der Waals surface area contributed by atoms with Gasteiger partial charge in [0.05, 0.1) is 15.3 Å². The van der Waals surface area contributed by atoms with Gasteiger partial charge >= 0.3 is 0 Å². The van der Waals surface area contributed by atoms with Crippen molar-refractivity contribution >= 4 is 52.0 Å². The highest BCUT2D eigenvalue weighted by Crippen LogP contribution is 2.29. The Hall–Kier alpha value is -1.24. The minimum absolute atomic E-state index is 0.116. The van der Waals surface area contributed by atoms with Crippen LogP contribution in [0.5, 0.6) is 0 Å². The molecule has 1 aliphatic rings. The molecule has 4 N–H and O–H groups in total. The van der Waals surface area contributed by atoms with Crippen molar-refractivity contribution in [1.82, 2.24) is 0 Å². The largest absolute Gasteiger partial charge is 0.370 e. The minimum atomic E-state index is -0.338. The first-order valence-electron chi connectivity index (χ1n) is 5.28. The van der Waals surface area contributed by atoms with E-state index in [1.54, 1.807) is 12.1 Å². The first-order valence-corrected chi connectivity index (χ1v) is 6.92. The van der Waals surface area contributed by atoms with E-state index >= 15 is 0 Å². The molecule has 1 aliphatic heterocycles. The molecule has 0 spiro atoms. The number of rotatable bonds is 2. The first-order chi connectivity index (χ1) is 8.95. The normalized spacial score (nSPS) is 18.3. The third-order valence-electron chi connectivity index (χ3n) is 2.36. The van der Waals surface area contributed by atoms with Crippen molar-refractivity contribution in [3.05, 3.63) is 33.8 Å². The summed E-state index contributed by atoms with van der Waals surface area (Å²) in [5.41, 5.74) is 11.4. The molecule has 8 heteroatoms. The van der Waals surface area contributed by atoms with Gasteiger partial charge in [0, 0.05) is 0 Å². The van der Waals surface area contributed by atoms with Gasteiger partial charge in [-0.05, 0) is 24.1 Å². The van der Waals surface area contributed by atoms with Gasteiger partial charge < -0.3 is 11.5 Å². The van der Waals surface area contributed by atoms with E-state index in [1.165, 1.54) is 11.8 Å². The van der Waals surface area contributed by atoms with Crippen molar-refractivity contribution < 1.29 is 4.79 Å². The Morgan fingerprint density at radius 1 is 1.37 bits per heavy atom. The maximum atomic E-state index is 11.7. The van der Waals surface area contributed by atoms with Crippen LogP contribution in [0, 0.1) is 0 Å². The summed E-state index contributed by atoms with van der Waals surface area (Å²) in [6, 6.07) is 5.25. The molecular formula is C11H10Cl2N4OS. The number of halogens is 2. The van der Waals surface area contributed by atoms with Gasteiger partial charge in [-0.2, -0.15) is 9.98 Å². The number of hydrogen-bond acceptors (Lipinski definition) is 3. The third-order valence-corrected chi connectivity index (χ3v) is 4.14. The lowest BCUT2D eigenvalue weighted by Crippen LogP contribution is -2.23. The Morgan fingerprint density at radius 3 is 2.74 bits per heavy atom. The van der Waals surface area contributed by atoms with Crippen molar-refractivity contribution in [1.29, 1.82) is 0 Å². The van der Waals surface area contributed by atoms with Crippen molar-refractivity contribution in [2.24, 2.45) is 21.5 Å². The van der Waals surface area contributed by atoms with Gasteiger partial charge in [-0.25, -0.2) is 0 Å². The highest BCUT2D eigenvalue weighted by molar-refractivity contribution is 8.15. The molecule has 0 saturated heterocycles. The van der Waals surface area contributed by atoms with E-state index < -0.39 is 0 Å². The maximum absolute atomic E-state index is 11.7. The van der Waals surface area contributed by atoms with Crippen molar-refractivity contribution in [2.75, 3.05) is 0 Å². The molecule has 1 heterocycles. The molecular weight excluding hydrogens is 307 g/mol. The predicted octanol–water partition coefficient (Wildman–Crippen LogP) is 1.81. The van der Waals surface area contributed by atoms with Crippen LogP contribution >= 0.6 is 35.0 Å². The van der Waals surface area contributed by atoms with Gasteiger partial charge in [0.25, 0.3) is 5.91 Å². The third kappa shape index (κ3) is 3.62. The summed E-state index contributed by atoms with van der Waals surface area (Å²) in [4.78, 5) is 19.3. The fraction of sp³-hybridized carbons (Fsp3) is 0.182. The smallest absolute Gasteiger partial charge is 0.262 e. The zero-order valence-corrected chi connectivity index (χ0v) is 12.0. The number of nitrogens with zero attached hydrogens (tertiary/aromatic N) is 2. The molecule has 0 saturated carbocycles. The van der Waals surface area contributed by atoms with Crippen LogP contribution in [0.3, 0.4) is 0 Å². The Morgan fingerprint density at radius 2 is 2.11 bits per heavy atom. The molecule has 2 rings (SSSR count). The number of benzene rings is 1. The number of thioether (sulfide) groups is 1. The lowest BCUT2D eigenvalue weighted by atomic mass is 10.1. The van der Waals surface area contributed by atoms with Crippen LogP contribution in [0.4, 0.5) is 0 Å². The molecule has 1 amide bonds. The van der Waals surface area contributed by atoms with E-state index in [9.17, 15) is 4.79 Å². The standard InChI is InChI=1S/C11H10Cl2N4OS/c12-6-2-1-5(3-7(6)13)4-8-9(18)16-11(19-8)17-10(14)15/h1-3,8H,4H2,(H4,14,15,16,17,18). The second-order valence-corrected chi connectivity index (χ2v) is 5.81. The van der Waals surface area contributed by atoms with Crippen molar-refractivity contribution in [3.8, 4) is 0 Å². The maximum Gasteiger partial charge on any atom is 0.262 e. The quantitative estimate of drug-likeness (QED) is 0.642. The zero-order chi connectivity index (χ0) is 14.0. The summed E-state index contributed by atoms with van der Waals surface area (Å²) >= 11 is 13.0. The van der Waals surface area contributed by atoms with Gasteiger partial charge in [-0.1, -0.05) is 41.0 Å². The Kier molecular flexibility index (Phi) is 4.34. The Labute approximate surface area is 124 Å². The van der Waals surface area contributed by atoms with Gasteiger partial charge in [0.15, 0.2) is 11.1 Å². The van der Waals surface area contributed by atoms with Gasteiger partial charge in [-0.15, -0.1) is 0 Å². The van der Waals surface area contributed by atoms with Crippen LogP contribution in [0.2, 0.25) is 10.0 Å². The molecule has 1 unspecified atom stereocenters. The van der Waals surface area contributed by atoms with Gasteiger partial charge in [0.1, 0.15) is 0 Å². The minimum Gasteiger partial charge on any atom is -0.370 e. The summed E-state index contributed by atoms with van der Waals surface area (Å²) in [5, 5.41) is 0.888. The first kappa shape index (κ1) is 14.2. The number of carbonyl (C=O) groups is 1. The van der Waals surface area contributed by atoms with Crippen LogP contribution in [-0.4, -0.2) is 22.3 Å². The van der Waals surface area contributed by atoms with Crippen LogP contribution in [0.1, 0.15) is 5.56 Å². The van der Waals surface area contributed by atoms with Crippen LogP contribution in [-0.2, 0) is 11.2 Å². The van der Waals surface area contributed by atoms with Crippen LogP contribution in [0.25, 0.3) is 0 Å². The fourth-order valence-electron chi connectivity index (χ4n) is 1.54. The van der Waals surface area contributed by atoms with Crippen molar-refractivity contribution in [2.45, 2.75) is 11.7 Å². The average Bonchev–Trinajstić information content (AvgIpc) is 2.63. The van der Waals surface area contributed by atoms with E-state index in [1.807, 2.05) is 6.07 Å². The summed E-state index contributed by atoms with van der Waals surface area (Å²) in [6.45, 7) is 0. The predicted molar refractivity (Wildman–Crippen MR) is 79.8 cm³/mol. The molecule has 0 aliphatic carbocycles. The number of amidine groups is 1. The second kappa shape index (κ2) is 5.81. The number of guanidine groups is 1. The monoisotopic (exact) mass is 316 g/mol. The summed E-state index contributed by atoms with van der Waals surface area (Å²) in [6.07, 6.45) is 0.493. The number of carbonyl (C=O) groups excluding carboxylic acids is 1. The van der Waals surface area contributed by atoms with E-state index in [-0.39, 0.29) is 22.3 Å². The highest BCUT2D eigenvalue weighted by atomic mass is 35.5. The number of nitrogens with two attached hydrogens (primary N) is 2. The molecule has 0 bridgehead atoms. The molecule has 1 aromatic carbocycles. The number of hydrogen-bond donors (Lipinski definition) is 2. The molecule has 0 aromatic heterocycles. The van der Waals surface area contributed by atoms with E-state index in [4.69, 9.17) is 34.7 Å². The van der Waals surface area contributed by atoms with E-state index in [0.29, 0.717) is 16.5 Å². The molecule has 19 heavy (non-hydrogen) atoms.